The summed E-state index contributed by atoms with van der Waals surface area (Å²) in [5.41, 5.74) is 2.37. The van der Waals surface area contributed by atoms with Crippen molar-refractivity contribution in [2.45, 2.75) is 6.92 Å². The molecule has 0 unspecified atom stereocenters. The van der Waals surface area contributed by atoms with Crippen molar-refractivity contribution in [1.82, 2.24) is 4.98 Å². The minimum atomic E-state index is -0.379. The number of nitrogens with one attached hydrogen (secondary N) is 1. The van der Waals surface area contributed by atoms with Crippen molar-refractivity contribution in [1.29, 1.82) is 0 Å². The van der Waals surface area contributed by atoms with Gasteiger partial charge in [-0.1, -0.05) is 18.2 Å². The molecule has 1 N–H and O–H groups in total. The van der Waals surface area contributed by atoms with Crippen LogP contribution in [0, 0.1) is 0 Å². The normalized spacial score (nSPS) is 10.4. The maximum atomic E-state index is 12.5. The summed E-state index contributed by atoms with van der Waals surface area (Å²) >= 11 is 0. The third-order valence-corrected chi connectivity index (χ3v) is 3.55. The number of anilines is 1. The number of hydrogen-bond acceptors (Lipinski definition) is 4. The molecule has 120 valence electrons. The summed E-state index contributed by atoms with van der Waals surface area (Å²) in [6, 6.07) is 15.8. The number of ether oxygens (including phenoxy) is 1. The molecule has 5 nitrogen and oxygen atoms in total. The number of amides is 1. The molecule has 0 aliphatic heterocycles. The summed E-state index contributed by atoms with van der Waals surface area (Å²) in [5.74, 6) is -0.604. The number of aromatic nitrogens is 1. The lowest BCUT2D eigenvalue weighted by Gasteiger charge is -2.08. The van der Waals surface area contributed by atoms with Crippen LogP contribution in [-0.2, 0) is 4.74 Å². The highest BCUT2D eigenvalue weighted by Crippen LogP contribution is 2.18. The fourth-order valence-corrected chi connectivity index (χ4v) is 2.40. The van der Waals surface area contributed by atoms with Crippen LogP contribution >= 0.6 is 0 Å². The number of benzene rings is 2. The van der Waals surface area contributed by atoms with E-state index in [2.05, 4.69) is 10.3 Å². The van der Waals surface area contributed by atoms with Gasteiger partial charge in [-0.05, 0) is 43.3 Å². The molecule has 1 amide bonds. The summed E-state index contributed by atoms with van der Waals surface area (Å²) in [5, 5.41) is 3.62. The van der Waals surface area contributed by atoms with E-state index >= 15 is 0 Å². The van der Waals surface area contributed by atoms with E-state index in [0.717, 1.165) is 10.9 Å². The van der Waals surface area contributed by atoms with E-state index in [1.807, 2.05) is 24.3 Å². The van der Waals surface area contributed by atoms with Gasteiger partial charge in [0.25, 0.3) is 5.91 Å². The molecule has 0 fully saturated rings. The minimum absolute atomic E-state index is 0.225. The topological polar surface area (TPSA) is 68.3 Å². The molecule has 0 atom stereocenters. The van der Waals surface area contributed by atoms with Crippen LogP contribution in [-0.4, -0.2) is 23.5 Å². The molecule has 0 saturated heterocycles. The summed E-state index contributed by atoms with van der Waals surface area (Å²) in [6.45, 7) is 2.08. The lowest BCUT2D eigenvalue weighted by molar-refractivity contribution is 0.0526. The fraction of sp³-hybridized carbons (Fsp3) is 0.105. The molecule has 3 rings (SSSR count). The monoisotopic (exact) mass is 320 g/mol. The van der Waals surface area contributed by atoms with Gasteiger partial charge < -0.3 is 10.1 Å². The van der Waals surface area contributed by atoms with Crippen LogP contribution in [0.15, 0.2) is 60.8 Å². The highest BCUT2D eigenvalue weighted by molar-refractivity contribution is 6.12. The van der Waals surface area contributed by atoms with Gasteiger partial charge in [0.05, 0.1) is 23.3 Å². The average Bonchev–Trinajstić information content (AvgIpc) is 2.62. The second-order valence-corrected chi connectivity index (χ2v) is 5.13. The Kier molecular flexibility index (Phi) is 4.52. The van der Waals surface area contributed by atoms with Crippen molar-refractivity contribution < 1.29 is 14.3 Å². The number of nitrogens with zero attached hydrogens (tertiary/aromatic N) is 1. The Morgan fingerprint density at radius 1 is 1.04 bits per heavy atom. The predicted octanol–water partition coefficient (Wildman–Crippen LogP) is 3.66. The summed E-state index contributed by atoms with van der Waals surface area (Å²) in [6.07, 6.45) is 1.61. The molecule has 5 heteroatoms. The third-order valence-electron chi connectivity index (χ3n) is 3.55. The van der Waals surface area contributed by atoms with Crippen molar-refractivity contribution in [3.63, 3.8) is 0 Å². The molecular weight excluding hydrogens is 304 g/mol. The number of carbonyl (C=O) groups excluding carboxylic acids is 2. The molecule has 3 aromatic rings. The van der Waals surface area contributed by atoms with E-state index in [0.29, 0.717) is 23.4 Å². The van der Waals surface area contributed by atoms with E-state index in [1.54, 1.807) is 43.5 Å². The van der Waals surface area contributed by atoms with Gasteiger partial charge in [-0.15, -0.1) is 0 Å². The molecule has 24 heavy (non-hydrogen) atoms. The number of esters is 1. The highest BCUT2D eigenvalue weighted by atomic mass is 16.5. The molecule has 1 heterocycles. The molecule has 0 saturated carbocycles. The van der Waals surface area contributed by atoms with Gasteiger partial charge in [0.15, 0.2) is 0 Å². The molecule has 0 aliphatic rings. The Hall–Kier alpha value is -3.21. The van der Waals surface area contributed by atoms with Gasteiger partial charge in [-0.25, -0.2) is 4.79 Å². The van der Waals surface area contributed by atoms with Crippen LogP contribution in [0.5, 0.6) is 0 Å². The quantitative estimate of drug-likeness (QED) is 0.745. The molecule has 1 aromatic heterocycles. The van der Waals surface area contributed by atoms with Crippen molar-refractivity contribution in [2.75, 3.05) is 11.9 Å². The average molecular weight is 320 g/mol. The van der Waals surface area contributed by atoms with Gasteiger partial charge >= 0.3 is 5.97 Å². The molecular formula is C19H16N2O3. The smallest absolute Gasteiger partial charge is 0.338 e. The first-order valence-corrected chi connectivity index (χ1v) is 7.61. The van der Waals surface area contributed by atoms with Gasteiger partial charge in [-0.3, -0.25) is 9.78 Å². The van der Waals surface area contributed by atoms with Crippen LogP contribution in [0.25, 0.3) is 10.9 Å². The number of pyridine rings is 1. The SMILES string of the molecule is CCOC(=O)c1ccc(NC(=O)c2ccnc3ccccc23)cc1. The van der Waals surface area contributed by atoms with Crippen LogP contribution in [0.3, 0.4) is 0 Å². The molecule has 0 aliphatic carbocycles. The maximum absolute atomic E-state index is 12.5. The number of fused-ring (bicyclic) bond motifs is 1. The van der Waals surface area contributed by atoms with E-state index in [1.165, 1.54) is 0 Å². The van der Waals surface area contributed by atoms with Gasteiger partial charge in [0.2, 0.25) is 0 Å². The van der Waals surface area contributed by atoms with Crippen molar-refractivity contribution in [3.8, 4) is 0 Å². The van der Waals surface area contributed by atoms with Crippen LogP contribution in [0.1, 0.15) is 27.6 Å². The largest absolute Gasteiger partial charge is 0.462 e. The Bertz CT molecular complexity index is 883. The number of rotatable bonds is 4. The van der Waals surface area contributed by atoms with Gasteiger partial charge in [-0.2, -0.15) is 0 Å². The highest BCUT2D eigenvalue weighted by Gasteiger charge is 2.11. The lowest BCUT2D eigenvalue weighted by atomic mass is 10.1. The third kappa shape index (κ3) is 3.25. The zero-order chi connectivity index (χ0) is 16.9. The standard InChI is InChI=1S/C19H16N2O3/c1-2-24-19(23)13-7-9-14(10-8-13)21-18(22)16-11-12-20-17-6-4-3-5-15(16)17/h3-12H,2H2,1H3,(H,21,22). The van der Waals surface area contributed by atoms with Gasteiger partial charge in [0.1, 0.15) is 0 Å². The Labute approximate surface area is 139 Å². The number of carbonyl (C=O) groups is 2. The second kappa shape index (κ2) is 6.91. The van der Waals surface area contributed by atoms with E-state index in [9.17, 15) is 9.59 Å². The Balaban J connectivity index is 1.80. The van der Waals surface area contributed by atoms with Crippen LogP contribution < -0.4 is 5.32 Å². The van der Waals surface area contributed by atoms with E-state index in [4.69, 9.17) is 4.74 Å². The zero-order valence-corrected chi connectivity index (χ0v) is 13.2. The van der Waals surface area contributed by atoms with Crippen molar-refractivity contribution >= 4 is 28.5 Å². The fourth-order valence-electron chi connectivity index (χ4n) is 2.40. The van der Waals surface area contributed by atoms with Crippen molar-refractivity contribution in [2.24, 2.45) is 0 Å². The second-order valence-electron chi connectivity index (χ2n) is 5.13. The van der Waals surface area contributed by atoms with Crippen LogP contribution in [0.4, 0.5) is 5.69 Å². The zero-order valence-electron chi connectivity index (χ0n) is 13.2. The molecule has 0 spiro atoms. The van der Waals surface area contributed by atoms with E-state index < -0.39 is 0 Å². The van der Waals surface area contributed by atoms with Crippen LogP contribution in [0.2, 0.25) is 0 Å². The molecule has 0 radical (unpaired) electrons. The van der Waals surface area contributed by atoms with E-state index in [-0.39, 0.29) is 11.9 Å². The summed E-state index contributed by atoms with van der Waals surface area (Å²) in [4.78, 5) is 28.4. The first-order valence-electron chi connectivity index (χ1n) is 7.61. The first kappa shape index (κ1) is 15.7. The summed E-state index contributed by atoms with van der Waals surface area (Å²) < 4.78 is 4.93. The number of hydrogen-bond donors (Lipinski definition) is 1. The molecule has 0 bridgehead atoms. The Morgan fingerprint density at radius 2 is 1.79 bits per heavy atom. The predicted molar refractivity (Wildman–Crippen MR) is 92.1 cm³/mol. The lowest BCUT2D eigenvalue weighted by Crippen LogP contribution is -2.13. The maximum Gasteiger partial charge on any atom is 0.338 e. The summed E-state index contributed by atoms with van der Waals surface area (Å²) in [7, 11) is 0. The minimum Gasteiger partial charge on any atom is -0.462 e. The number of para-hydroxylation sites is 1. The first-order chi connectivity index (χ1) is 11.7. The van der Waals surface area contributed by atoms with Crippen molar-refractivity contribution in [3.05, 3.63) is 71.9 Å². The van der Waals surface area contributed by atoms with Gasteiger partial charge in [0, 0.05) is 17.3 Å². The Morgan fingerprint density at radius 3 is 2.54 bits per heavy atom. The molecule has 2 aromatic carbocycles.